The fourth-order valence-electron chi connectivity index (χ4n) is 2.55. The molecule has 0 saturated heterocycles. The van der Waals surface area contributed by atoms with Gasteiger partial charge in [0.05, 0.1) is 19.4 Å². The van der Waals surface area contributed by atoms with E-state index >= 15 is 0 Å². The Morgan fingerprint density at radius 2 is 2.04 bits per heavy atom. The molecule has 2 rings (SSSR count). The summed E-state index contributed by atoms with van der Waals surface area (Å²) in [7, 11) is 0. The molecule has 5 nitrogen and oxygen atoms in total. The summed E-state index contributed by atoms with van der Waals surface area (Å²) in [6.07, 6.45) is 6.19. The van der Waals surface area contributed by atoms with Crippen molar-refractivity contribution in [3.05, 3.63) is 47.8 Å². The average molecular weight is 343 g/mol. The van der Waals surface area contributed by atoms with E-state index in [2.05, 4.69) is 4.98 Å². The molecule has 1 N–H and O–H groups in total. The third-order valence-corrected chi connectivity index (χ3v) is 3.98. The van der Waals surface area contributed by atoms with Gasteiger partial charge in [-0.2, -0.15) is 0 Å². The van der Waals surface area contributed by atoms with Crippen LogP contribution in [0.4, 0.5) is 0 Å². The Labute approximate surface area is 148 Å². The highest BCUT2D eigenvalue weighted by atomic mass is 16.5. The fourth-order valence-corrected chi connectivity index (χ4v) is 2.55. The minimum absolute atomic E-state index is 0.208. The van der Waals surface area contributed by atoms with Crippen LogP contribution in [0, 0.1) is 12.8 Å². The number of hydrogen-bond donors (Lipinski definition) is 1. The van der Waals surface area contributed by atoms with Gasteiger partial charge in [-0.1, -0.05) is 13.0 Å². The number of benzene rings is 1. The van der Waals surface area contributed by atoms with Crippen molar-refractivity contribution in [3.8, 4) is 17.2 Å². The number of phenols is 1. The van der Waals surface area contributed by atoms with Crippen molar-refractivity contribution in [1.29, 1.82) is 0 Å². The third-order valence-electron chi connectivity index (χ3n) is 3.98. The van der Waals surface area contributed by atoms with Crippen LogP contribution in [0.3, 0.4) is 0 Å². The van der Waals surface area contributed by atoms with Crippen molar-refractivity contribution in [2.75, 3.05) is 13.2 Å². The topological polar surface area (TPSA) is 68.7 Å². The zero-order valence-corrected chi connectivity index (χ0v) is 14.8. The molecule has 0 fully saturated rings. The Morgan fingerprint density at radius 1 is 1.24 bits per heavy atom. The number of aromatic hydroxyl groups is 1. The van der Waals surface area contributed by atoms with Crippen molar-refractivity contribution in [2.45, 2.75) is 33.1 Å². The maximum atomic E-state index is 10.6. The number of pyridine rings is 1. The second-order valence-electron chi connectivity index (χ2n) is 6.15. The number of nitrogens with zero attached hydrogens (tertiary/aromatic N) is 1. The number of phenolic OH excluding ortho intramolecular Hbond substituents is 1. The van der Waals surface area contributed by atoms with Crippen LogP contribution in [-0.2, 0) is 11.2 Å². The van der Waals surface area contributed by atoms with E-state index in [9.17, 15) is 9.90 Å². The van der Waals surface area contributed by atoms with Crippen molar-refractivity contribution >= 4 is 6.29 Å². The fraction of sp³-hybridized carbons (Fsp3) is 0.400. The Hall–Kier alpha value is -2.56. The molecule has 0 aliphatic carbocycles. The van der Waals surface area contributed by atoms with Gasteiger partial charge in [-0.25, -0.2) is 0 Å². The Morgan fingerprint density at radius 3 is 2.76 bits per heavy atom. The van der Waals surface area contributed by atoms with E-state index < -0.39 is 0 Å². The van der Waals surface area contributed by atoms with Gasteiger partial charge in [0.1, 0.15) is 23.5 Å². The summed E-state index contributed by atoms with van der Waals surface area (Å²) in [6, 6.07) is 7.43. The normalized spacial score (nSPS) is 11.8. The smallest absolute Gasteiger partial charge is 0.137 e. The summed E-state index contributed by atoms with van der Waals surface area (Å²) in [5, 5.41) is 10.3. The lowest BCUT2D eigenvalue weighted by Gasteiger charge is -2.15. The number of aldehydes is 1. The molecule has 0 aliphatic rings. The Bertz CT molecular complexity index is 673. The molecule has 5 heteroatoms. The van der Waals surface area contributed by atoms with Gasteiger partial charge in [0, 0.05) is 24.6 Å². The average Bonchev–Trinajstić information content (AvgIpc) is 2.61. The van der Waals surface area contributed by atoms with Crippen LogP contribution in [0.15, 0.2) is 36.7 Å². The summed E-state index contributed by atoms with van der Waals surface area (Å²) >= 11 is 0. The van der Waals surface area contributed by atoms with E-state index in [0.717, 1.165) is 29.6 Å². The molecule has 134 valence electrons. The predicted octanol–water partition coefficient (Wildman–Crippen LogP) is 3.71. The number of hydrogen-bond acceptors (Lipinski definition) is 5. The summed E-state index contributed by atoms with van der Waals surface area (Å²) in [4.78, 5) is 14.6. The van der Waals surface area contributed by atoms with E-state index in [-0.39, 0.29) is 11.7 Å². The van der Waals surface area contributed by atoms with E-state index in [1.807, 2.05) is 38.1 Å². The first-order valence-corrected chi connectivity index (χ1v) is 8.52. The molecule has 0 amide bonds. The molecule has 1 heterocycles. The molecule has 0 radical (unpaired) electrons. The van der Waals surface area contributed by atoms with Crippen LogP contribution in [0.2, 0.25) is 0 Å². The van der Waals surface area contributed by atoms with Gasteiger partial charge in [-0.05, 0) is 43.0 Å². The molecule has 0 bridgehead atoms. The molecule has 1 aromatic carbocycles. The largest absolute Gasteiger partial charge is 0.507 e. The van der Waals surface area contributed by atoms with E-state index in [1.54, 1.807) is 12.4 Å². The lowest BCUT2D eigenvalue weighted by molar-refractivity contribution is -0.108. The van der Waals surface area contributed by atoms with Crippen molar-refractivity contribution in [2.24, 2.45) is 5.92 Å². The minimum Gasteiger partial charge on any atom is -0.507 e. The molecule has 1 unspecified atom stereocenters. The highest BCUT2D eigenvalue weighted by Crippen LogP contribution is 2.32. The monoisotopic (exact) mass is 343 g/mol. The molecule has 2 aromatic rings. The molecular weight excluding hydrogens is 318 g/mol. The van der Waals surface area contributed by atoms with Gasteiger partial charge < -0.3 is 19.4 Å². The molecule has 25 heavy (non-hydrogen) atoms. The number of carbonyl (C=O) groups excluding carboxylic acids is 1. The highest BCUT2D eigenvalue weighted by Gasteiger charge is 2.12. The minimum atomic E-state index is 0.208. The maximum Gasteiger partial charge on any atom is 0.137 e. The summed E-state index contributed by atoms with van der Waals surface area (Å²) in [5.74, 6) is 1.87. The number of ether oxygens (including phenoxy) is 2. The summed E-state index contributed by atoms with van der Waals surface area (Å²) < 4.78 is 11.3. The van der Waals surface area contributed by atoms with Crippen LogP contribution >= 0.6 is 0 Å². The second kappa shape index (κ2) is 9.67. The first-order valence-electron chi connectivity index (χ1n) is 8.52. The lowest BCUT2D eigenvalue weighted by Crippen LogP contribution is -2.06. The summed E-state index contributed by atoms with van der Waals surface area (Å²) in [5.41, 5.74) is 1.57. The van der Waals surface area contributed by atoms with Crippen molar-refractivity contribution in [1.82, 2.24) is 4.98 Å². The van der Waals surface area contributed by atoms with Crippen molar-refractivity contribution in [3.63, 3.8) is 0 Å². The van der Waals surface area contributed by atoms with E-state index in [0.29, 0.717) is 31.8 Å². The zero-order valence-electron chi connectivity index (χ0n) is 14.8. The number of aromatic nitrogens is 1. The van der Waals surface area contributed by atoms with Gasteiger partial charge in [0.2, 0.25) is 0 Å². The second-order valence-corrected chi connectivity index (χ2v) is 6.15. The number of rotatable bonds is 10. The van der Waals surface area contributed by atoms with Crippen LogP contribution in [0.25, 0.3) is 0 Å². The SMILES string of the molecule is Cc1c(OCCCOc2cccnc2)ccc(CC(C)CC=O)c1O. The molecular formula is C20H25NO4. The van der Waals surface area contributed by atoms with Crippen LogP contribution in [-0.4, -0.2) is 29.6 Å². The third kappa shape index (κ3) is 5.78. The quantitative estimate of drug-likeness (QED) is 0.526. The maximum absolute atomic E-state index is 10.6. The van der Waals surface area contributed by atoms with E-state index in [4.69, 9.17) is 9.47 Å². The van der Waals surface area contributed by atoms with Crippen LogP contribution in [0.5, 0.6) is 17.2 Å². The standard InChI is InChI=1S/C20H25NO4/c1-15(8-10-22)13-17-6-7-19(16(2)20(17)23)25-12-4-11-24-18-5-3-9-21-14-18/h3,5-7,9-10,14-15,23H,4,8,11-13H2,1-2H3. The molecule has 0 spiro atoms. The van der Waals surface area contributed by atoms with Crippen LogP contribution < -0.4 is 9.47 Å². The Balaban J connectivity index is 1.81. The van der Waals surface area contributed by atoms with Gasteiger partial charge >= 0.3 is 0 Å². The van der Waals surface area contributed by atoms with E-state index in [1.165, 1.54) is 0 Å². The van der Waals surface area contributed by atoms with Gasteiger partial charge in [0.15, 0.2) is 0 Å². The van der Waals surface area contributed by atoms with Gasteiger partial charge in [-0.3, -0.25) is 4.98 Å². The zero-order chi connectivity index (χ0) is 18.1. The first kappa shape index (κ1) is 18.8. The predicted molar refractivity (Wildman–Crippen MR) is 96.2 cm³/mol. The van der Waals surface area contributed by atoms with Gasteiger partial charge in [-0.15, -0.1) is 0 Å². The molecule has 0 saturated carbocycles. The summed E-state index contributed by atoms with van der Waals surface area (Å²) in [6.45, 7) is 4.87. The molecule has 1 atom stereocenters. The first-order chi connectivity index (χ1) is 12.1. The van der Waals surface area contributed by atoms with Gasteiger partial charge in [0.25, 0.3) is 0 Å². The molecule has 1 aromatic heterocycles. The van der Waals surface area contributed by atoms with Crippen LogP contribution in [0.1, 0.15) is 30.9 Å². The number of carbonyl (C=O) groups is 1. The Kier molecular flexibility index (Phi) is 7.26. The highest BCUT2D eigenvalue weighted by molar-refractivity contribution is 5.51. The van der Waals surface area contributed by atoms with Crippen molar-refractivity contribution < 1.29 is 19.4 Å². The lowest BCUT2D eigenvalue weighted by atomic mass is 9.96. The molecule has 0 aliphatic heterocycles.